The number of anilines is 1. The third-order valence-electron chi connectivity index (χ3n) is 6.29. The predicted octanol–water partition coefficient (Wildman–Crippen LogP) is 5.53. The zero-order valence-electron chi connectivity index (χ0n) is 19.2. The number of hydrogen-bond acceptors (Lipinski definition) is 6. The maximum Gasteiger partial charge on any atom is 0.339 e. The molecule has 0 radical (unpaired) electrons. The molecule has 0 fully saturated rings. The van der Waals surface area contributed by atoms with Crippen molar-refractivity contribution in [1.29, 1.82) is 0 Å². The summed E-state index contributed by atoms with van der Waals surface area (Å²) in [6.45, 7) is 3.81. The highest BCUT2D eigenvalue weighted by molar-refractivity contribution is 6.05. The second-order valence-electron chi connectivity index (χ2n) is 8.82. The van der Waals surface area contributed by atoms with Gasteiger partial charge in [0.15, 0.2) is 18.2 Å². The zero-order chi connectivity index (χ0) is 23.9. The van der Waals surface area contributed by atoms with Crippen LogP contribution >= 0.6 is 0 Å². The van der Waals surface area contributed by atoms with Crippen LogP contribution in [0.15, 0.2) is 89.2 Å². The molecule has 0 spiro atoms. The Morgan fingerprint density at radius 3 is 2.59 bits per heavy atom. The number of carbonyl (C=O) groups is 2. The van der Waals surface area contributed by atoms with Gasteiger partial charge in [0.05, 0.1) is 17.3 Å². The number of ketones is 1. The normalized spacial score (nSPS) is 15.5. The molecule has 4 aromatic rings. The molecule has 1 aliphatic rings. The lowest BCUT2D eigenvalue weighted by Crippen LogP contribution is -2.25. The third kappa shape index (κ3) is 3.67. The predicted molar refractivity (Wildman–Crippen MR) is 131 cm³/mol. The molecular weight excluding hydrogens is 428 g/mol. The average molecular weight is 453 g/mol. The van der Waals surface area contributed by atoms with Crippen molar-refractivity contribution < 1.29 is 18.7 Å². The summed E-state index contributed by atoms with van der Waals surface area (Å²) in [5, 5.41) is 0.653. The number of likely N-dealkylation sites (N-methyl/N-ethyl adjacent to an activating group) is 1. The Balaban J connectivity index is 1.39. The molecule has 2 aromatic heterocycles. The average Bonchev–Trinajstić information content (AvgIpc) is 3.45. The molecule has 0 amide bonds. The van der Waals surface area contributed by atoms with Crippen LogP contribution in [0.25, 0.3) is 22.4 Å². The standard InChI is InChI=1S/C28H24N2O4/c1-28(2)21-10-5-7-12-24(21)30(3)26(28)15-18(31)17-34-27(32)20-16-23(25-13-8-14-33-25)29-22-11-6-4-9-19(20)22/h4-16H,17H2,1-3H3. The van der Waals surface area contributed by atoms with Crippen molar-refractivity contribution >= 4 is 28.3 Å². The van der Waals surface area contributed by atoms with E-state index < -0.39 is 5.97 Å². The van der Waals surface area contributed by atoms with Crippen LogP contribution in [-0.4, -0.2) is 30.4 Å². The molecule has 6 heteroatoms. The fraction of sp³-hybridized carbons (Fsp3) is 0.179. The number of aromatic nitrogens is 1. The fourth-order valence-electron chi connectivity index (χ4n) is 4.56. The number of hydrogen-bond donors (Lipinski definition) is 0. The first-order valence-corrected chi connectivity index (χ1v) is 11.1. The highest BCUT2D eigenvalue weighted by Gasteiger charge is 2.38. The van der Waals surface area contributed by atoms with Crippen molar-refractivity contribution in [3.05, 3.63) is 95.9 Å². The number of benzene rings is 2. The molecule has 0 saturated carbocycles. The van der Waals surface area contributed by atoms with Crippen LogP contribution in [0, 0.1) is 0 Å². The lowest BCUT2D eigenvalue weighted by Gasteiger charge is -2.23. The van der Waals surface area contributed by atoms with Gasteiger partial charge in [-0.1, -0.05) is 50.2 Å². The second kappa shape index (κ2) is 8.30. The largest absolute Gasteiger partial charge is 0.463 e. The molecule has 5 rings (SSSR count). The number of rotatable bonds is 5. The molecule has 6 nitrogen and oxygen atoms in total. The summed E-state index contributed by atoms with van der Waals surface area (Å²) in [5.74, 6) is -0.312. The lowest BCUT2D eigenvalue weighted by molar-refractivity contribution is -0.117. The molecule has 1 aliphatic heterocycles. The summed E-state index contributed by atoms with van der Waals surface area (Å²) >= 11 is 0. The number of furan rings is 1. The Hall–Kier alpha value is -4.19. The van der Waals surface area contributed by atoms with Gasteiger partial charge in [0.1, 0.15) is 5.69 Å². The van der Waals surface area contributed by atoms with Crippen molar-refractivity contribution in [3.63, 3.8) is 0 Å². The van der Waals surface area contributed by atoms with E-state index in [0.29, 0.717) is 27.9 Å². The molecule has 170 valence electrons. The highest BCUT2D eigenvalue weighted by atomic mass is 16.5. The summed E-state index contributed by atoms with van der Waals surface area (Å²) in [6, 6.07) is 20.6. The fourth-order valence-corrected chi connectivity index (χ4v) is 4.56. The number of para-hydroxylation sites is 2. The first-order valence-electron chi connectivity index (χ1n) is 11.1. The van der Waals surface area contributed by atoms with Crippen LogP contribution in [0.4, 0.5) is 5.69 Å². The molecule has 0 bridgehead atoms. The van der Waals surface area contributed by atoms with E-state index in [-0.39, 0.29) is 17.8 Å². The Kier molecular flexibility index (Phi) is 5.28. The number of nitrogens with zero attached hydrogens (tertiary/aromatic N) is 2. The van der Waals surface area contributed by atoms with Crippen LogP contribution in [0.2, 0.25) is 0 Å². The molecule has 34 heavy (non-hydrogen) atoms. The smallest absolute Gasteiger partial charge is 0.339 e. The molecule has 2 aromatic carbocycles. The number of ether oxygens (including phenoxy) is 1. The van der Waals surface area contributed by atoms with E-state index in [1.165, 1.54) is 0 Å². The minimum absolute atomic E-state index is 0.277. The quantitative estimate of drug-likeness (QED) is 0.293. The third-order valence-corrected chi connectivity index (χ3v) is 6.29. The van der Waals surface area contributed by atoms with Crippen molar-refractivity contribution in [2.45, 2.75) is 19.3 Å². The number of allylic oxidation sites excluding steroid dienone is 1. The van der Waals surface area contributed by atoms with E-state index in [1.807, 2.05) is 54.4 Å². The lowest BCUT2D eigenvalue weighted by atomic mass is 9.83. The minimum atomic E-state index is -0.583. The number of pyridine rings is 1. The van der Waals surface area contributed by atoms with E-state index in [4.69, 9.17) is 9.15 Å². The number of esters is 1. The van der Waals surface area contributed by atoms with Crippen molar-refractivity contribution in [3.8, 4) is 11.5 Å². The van der Waals surface area contributed by atoms with Crippen molar-refractivity contribution in [2.24, 2.45) is 0 Å². The Labute approximate surface area is 197 Å². The van der Waals surface area contributed by atoms with Gasteiger partial charge in [-0.2, -0.15) is 0 Å². The topological polar surface area (TPSA) is 72.6 Å². The van der Waals surface area contributed by atoms with Gasteiger partial charge in [0.2, 0.25) is 0 Å². The van der Waals surface area contributed by atoms with Gasteiger partial charge in [0.25, 0.3) is 0 Å². The first-order chi connectivity index (χ1) is 16.4. The summed E-state index contributed by atoms with van der Waals surface area (Å²) in [4.78, 5) is 32.5. The molecule has 3 heterocycles. The van der Waals surface area contributed by atoms with Gasteiger partial charge < -0.3 is 14.1 Å². The monoisotopic (exact) mass is 452 g/mol. The van der Waals surface area contributed by atoms with Gasteiger partial charge >= 0.3 is 5.97 Å². The van der Waals surface area contributed by atoms with Gasteiger partial charge in [-0.15, -0.1) is 0 Å². The van der Waals surface area contributed by atoms with Crippen LogP contribution in [-0.2, 0) is 14.9 Å². The number of carbonyl (C=O) groups excluding carboxylic acids is 2. The van der Waals surface area contributed by atoms with Crippen molar-refractivity contribution in [2.75, 3.05) is 18.6 Å². The van der Waals surface area contributed by atoms with E-state index >= 15 is 0 Å². The number of fused-ring (bicyclic) bond motifs is 2. The van der Waals surface area contributed by atoms with Gasteiger partial charge in [-0.05, 0) is 35.9 Å². The Bertz CT molecular complexity index is 1430. The van der Waals surface area contributed by atoms with Crippen LogP contribution < -0.4 is 4.90 Å². The van der Waals surface area contributed by atoms with Crippen molar-refractivity contribution in [1.82, 2.24) is 4.98 Å². The maximum absolute atomic E-state index is 13.0. The SMILES string of the molecule is CN1C(=CC(=O)COC(=O)c2cc(-c3ccco3)nc3ccccc23)C(C)(C)c2ccccc21. The van der Waals surface area contributed by atoms with E-state index in [1.54, 1.807) is 30.5 Å². The highest BCUT2D eigenvalue weighted by Crippen LogP contribution is 2.46. The minimum Gasteiger partial charge on any atom is -0.463 e. The maximum atomic E-state index is 13.0. The summed E-state index contributed by atoms with van der Waals surface area (Å²) in [6.07, 6.45) is 3.13. The molecule has 0 N–H and O–H groups in total. The molecular formula is C28H24N2O4. The Morgan fingerprint density at radius 1 is 1.06 bits per heavy atom. The van der Waals surface area contributed by atoms with E-state index in [2.05, 4.69) is 24.9 Å². The van der Waals surface area contributed by atoms with Gasteiger partial charge in [-0.25, -0.2) is 9.78 Å². The molecule has 0 aliphatic carbocycles. The summed E-state index contributed by atoms with van der Waals surface area (Å²) < 4.78 is 10.9. The van der Waals surface area contributed by atoms with E-state index in [9.17, 15) is 9.59 Å². The van der Waals surface area contributed by atoms with E-state index in [0.717, 1.165) is 16.9 Å². The van der Waals surface area contributed by atoms with Crippen LogP contribution in [0.5, 0.6) is 0 Å². The summed E-state index contributed by atoms with van der Waals surface area (Å²) in [7, 11) is 1.94. The first kappa shape index (κ1) is 21.6. The van der Waals surface area contributed by atoms with Crippen LogP contribution in [0.3, 0.4) is 0 Å². The molecule has 0 saturated heterocycles. The van der Waals surface area contributed by atoms with Crippen LogP contribution in [0.1, 0.15) is 29.8 Å². The Morgan fingerprint density at radius 2 is 1.82 bits per heavy atom. The van der Waals surface area contributed by atoms with Gasteiger partial charge in [-0.3, -0.25) is 4.79 Å². The molecule has 0 unspecified atom stereocenters. The second-order valence-corrected chi connectivity index (χ2v) is 8.82. The molecule has 0 atom stereocenters. The zero-order valence-corrected chi connectivity index (χ0v) is 19.2. The summed E-state index contributed by atoms with van der Waals surface area (Å²) in [5.41, 5.74) is 4.26. The van der Waals surface area contributed by atoms with Gasteiger partial charge in [0, 0.05) is 35.3 Å².